The van der Waals surface area contributed by atoms with E-state index in [9.17, 15) is 10.1 Å². The highest BCUT2D eigenvalue weighted by Gasteiger charge is 2.09. The minimum absolute atomic E-state index is 0.129. The monoisotopic (exact) mass is 240 g/mol. The summed E-state index contributed by atoms with van der Waals surface area (Å²) in [6, 6.07) is 6.79. The zero-order valence-corrected chi connectivity index (χ0v) is 10.2. The molecule has 0 aliphatic rings. The first-order chi connectivity index (χ1) is 7.49. The second-order valence-corrected chi connectivity index (χ2v) is 5.40. The van der Waals surface area contributed by atoms with Gasteiger partial charge in [-0.3, -0.25) is 10.1 Å². The lowest BCUT2D eigenvalue weighted by Crippen LogP contribution is -2.19. The Kier molecular flexibility index (Phi) is 4.76. The van der Waals surface area contributed by atoms with Crippen LogP contribution in [0.2, 0.25) is 0 Å². The summed E-state index contributed by atoms with van der Waals surface area (Å²) in [6.07, 6.45) is 0.932. The Balaban J connectivity index is 2.58. The largest absolute Gasteiger partial charge is 0.328 e. The number of thioether (sulfide) groups is 1. The predicted molar refractivity (Wildman–Crippen MR) is 66.7 cm³/mol. The summed E-state index contributed by atoms with van der Waals surface area (Å²) in [5.74, 6) is 0. The molecule has 1 aromatic carbocycles. The van der Waals surface area contributed by atoms with Crippen molar-refractivity contribution in [2.75, 3.05) is 0 Å². The van der Waals surface area contributed by atoms with Gasteiger partial charge in [-0.25, -0.2) is 0 Å². The molecule has 0 aliphatic carbocycles. The Bertz CT molecular complexity index is 352. The number of hydrogen-bond donors (Lipinski definition) is 1. The maximum atomic E-state index is 10.5. The van der Waals surface area contributed by atoms with E-state index in [-0.39, 0.29) is 16.7 Å². The zero-order chi connectivity index (χ0) is 12.1. The average Bonchev–Trinajstić information content (AvgIpc) is 2.16. The molecule has 0 saturated carbocycles. The molecular formula is C11H16N2O2S. The molecule has 2 N–H and O–H groups in total. The van der Waals surface area contributed by atoms with Crippen LogP contribution in [0.3, 0.4) is 0 Å². The molecule has 5 heteroatoms. The van der Waals surface area contributed by atoms with Crippen molar-refractivity contribution >= 4 is 17.4 Å². The fourth-order valence-corrected chi connectivity index (χ4v) is 2.61. The fraction of sp³-hybridized carbons (Fsp3) is 0.455. The molecule has 1 aromatic rings. The van der Waals surface area contributed by atoms with Gasteiger partial charge in [-0.1, -0.05) is 6.92 Å². The second kappa shape index (κ2) is 5.86. The lowest BCUT2D eigenvalue weighted by Gasteiger charge is -2.13. The average molecular weight is 240 g/mol. The van der Waals surface area contributed by atoms with Gasteiger partial charge in [0.1, 0.15) is 0 Å². The molecule has 2 atom stereocenters. The Labute approximate surface area is 99.4 Å². The van der Waals surface area contributed by atoms with Crippen LogP contribution in [0.25, 0.3) is 0 Å². The maximum Gasteiger partial charge on any atom is 0.269 e. The van der Waals surface area contributed by atoms with Crippen LogP contribution < -0.4 is 5.73 Å². The first kappa shape index (κ1) is 13.0. The lowest BCUT2D eigenvalue weighted by atomic mass is 10.2. The van der Waals surface area contributed by atoms with E-state index in [4.69, 9.17) is 5.73 Å². The molecule has 88 valence electrons. The summed E-state index contributed by atoms with van der Waals surface area (Å²) in [7, 11) is 0. The highest BCUT2D eigenvalue weighted by Crippen LogP contribution is 2.27. The van der Waals surface area contributed by atoms with E-state index in [0.29, 0.717) is 5.25 Å². The smallest absolute Gasteiger partial charge is 0.269 e. The van der Waals surface area contributed by atoms with E-state index in [0.717, 1.165) is 11.3 Å². The molecule has 0 spiro atoms. The van der Waals surface area contributed by atoms with Gasteiger partial charge in [-0.2, -0.15) is 0 Å². The van der Waals surface area contributed by atoms with Crippen molar-refractivity contribution in [2.24, 2.45) is 5.73 Å². The number of non-ortho nitro benzene ring substituents is 1. The topological polar surface area (TPSA) is 69.2 Å². The molecule has 1 rings (SSSR count). The Morgan fingerprint density at radius 3 is 2.38 bits per heavy atom. The molecule has 0 saturated heterocycles. The first-order valence-electron chi connectivity index (χ1n) is 5.15. The van der Waals surface area contributed by atoms with Gasteiger partial charge in [0.2, 0.25) is 0 Å². The number of nitrogens with two attached hydrogens (primary N) is 1. The van der Waals surface area contributed by atoms with E-state index in [1.165, 1.54) is 12.1 Å². The van der Waals surface area contributed by atoms with Crippen molar-refractivity contribution in [2.45, 2.75) is 36.5 Å². The Hall–Kier alpha value is -1.07. The predicted octanol–water partition coefficient (Wildman–Crippen LogP) is 2.81. The third-order valence-electron chi connectivity index (χ3n) is 2.09. The summed E-state index contributed by atoms with van der Waals surface area (Å²) < 4.78 is 0. The Morgan fingerprint density at radius 1 is 1.38 bits per heavy atom. The quantitative estimate of drug-likeness (QED) is 0.488. The third-order valence-corrected chi connectivity index (χ3v) is 3.23. The van der Waals surface area contributed by atoms with E-state index in [2.05, 4.69) is 6.92 Å². The lowest BCUT2D eigenvalue weighted by molar-refractivity contribution is -0.384. The normalized spacial score (nSPS) is 14.4. The molecule has 0 amide bonds. The first-order valence-corrected chi connectivity index (χ1v) is 6.03. The summed E-state index contributed by atoms with van der Waals surface area (Å²) in [5.41, 5.74) is 5.84. The van der Waals surface area contributed by atoms with Gasteiger partial charge in [-0.05, 0) is 25.5 Å². The van der Waals surface area contributed by atoms with Gasteiger partial charge in [0, 0.05) is 28.3 Å². The SMILES string of the molecule is CC(N)CC(C)Sc1ccc([N+](=O)[O-])cc1. The van der Waals surface area contributed by atoms with Gasteiger partial charge >= 0.3 is 0 Å². The van der Waals surface area contributed by atoms with E-state index < -0.39 is 0 Å². The van der Waals surface area contributed by atoms with Crippen LogP contribution >= 0.6 is 11.8 Å². The molecule has 2 unspecified atom stereocenters. The standard InChI is InChI=1S/C11H16N2O2S/c1-8(12)7-9(2)16-11-5-3-10(4-6-11)13(14)15/h3-6,8-9H,7,12H2,1-2H3. The molecule has 0 heterocycles. The molecule has 0 fully saturated rings. The molecule has 4 nitrogen and oxygen atoms in total. The van der Waals surface area contributed by atoms with Gasteiger partial charge < -0.3 is 5.73 Å². The molecule has 0 aromatic heterocycles. The van der Waals surface area contributed by atoms with E-state index in [1.54, 1.807) is 23.9 Å². The van der Waals surface area contributed by atoms with Crippen molar-refractivity contribution < 1.29 is 4.92 Å². The Morgan fingerprint density at radius 2 is 1.94 bits per heavy atom. The van der Waals surface area contributed by atoms with Crippen molar-refractivity contribution in [3.05, 3.63) is 34.4 Å². The molecule has 0 radical (unpaired) electrons. The van der Waals surface area contributed by atoms with Crippen molar-refractivity contribution in [3.8, 4) is 0 Å². The molecule has 16 heavy (non-hydrogen) atoms. The van der Waals surface area contributed by atoms with Crippen LogP contribution in [0.5, 0.6) is 0 Å². The zero-order valence-electron chi connectivity index (χ0n) is 9.42. The van der Waals surface area contributed by atoms with Crippen molar-refractivity contribution in [1.82, 2.24) is 0 Å². The number of benzene rings is 1. The van der Waals surface area contributed by atoms with Crippen LogP contribution in [0, 0.1) is 10.1 Å². The van der Waals surface area contributed by atoms with Gasteiger partial charge in [0.15, 0.2) is 0 Å². The number of hydrogen-bond acceptors (Lipinski definition) is 4. The molecule has 0 aliphatic heterocycles. The summed E-state index contributed by atoms with van der Waals surface area (Å²) in [6.45, 7) is 4.09. The molecule has 0 bridgehead atoms. The summed E-state index contributed by atoms with van der Waals surface area (Å²) in [5, 5.41) is 10.9. The minimum Gasteiger partial charge on any atom is -0.328 e. The highest BCUT2D eigenvalue weighted by molar-refractivity contribution is 7.99. The summed E-state index contributed by atoms with van der Waals surface area (Å²) >= 11 is 1.69. The maximum absolute atomic E-state index is 10.5. The van der Waals surface area contributed by atoms with E-state index in [1.807, 2.05) is 6.92 Å². The van der Waals surface area contributed by atoms with Crippen molar-refractivity contribution in [3.63, 3.8) is 0 Å². The van der Waals surface area contributed by atoms with Crippen LogP contribution in [0.15, 0.2) is 29.2 Å². The van der Waals surface area contributed by atoms with Crippen LogP contribution in [-0.4, -0.2) is 16.2 Å². The van der Waals surface area contributed by atoms with Crippen LogP contribution in [0.4, 0.5) is 5.69 Å². The fourth-order valence-electron chi connectivity index (χ4n) is 1.45. The van der Waals surface area contributed by atoms with Gasteiger partial charge in [-0.15, -0.1) is 11.8 Å². The molecular weight excluding hydrogens is 224 g/mol. The highest BCUT2D eigenvalue weighted by atomic mass is 32.2. The van der Waals surface area contributed by atoms with Crippen LogP contribution in [-0.2, 0) is 0 Å². The number of nitro benzene ring substituents is 1. The van der Waals surface area contributed by atoms with Gasteiger partial charge in [0.25, 0.3) is 5.69 Å². The number of nitro groups is 1. The van der Waals surface area contributed by atoms with Crippen molar-refractivity contribution in [1.29, 1.82) is 0 Å². The van der Waals surface area contributed by atoms with E-state index >= 15 is 0 Å². The minimum atomic E-state index is -0.389. The van der Waals surface area contributed by atoms with Gasteiger partial charge in [0.05, 0.1) is 4.92 Å². The second-order valence-electron chi connectivity index (χ2n) is 3.89. The van der Waals surface area contributed by atoms with Crippen LogP contribution in [0.1, 0.15) is 20.3 Å². The number of nitrogens with zero attached hydrogens (tertiary/aromatic N) is 1. The number of rotatable bonds is 5. The summed E-state index contributed by atoms with van der Waals surface area (Å²) in [4.78, 5) is 11.1. The third kappa shape index (κ3) is 4.20.